The summed E-state index contributed by atoms with van der Waals surface area (Å²) < 4.78 is 28.8. The maximum absolute atomic E-state index is 13.1. The van der Waals surface area contributed by atoms with Gasteiger partial charge < -0.3 is 5.32 Å². The van der Waals surface area contributed by atoms with E-state index in [1.165, 1.54) is 6.07 Å². The number of benzene rings is 4. The smallest absolute Gasteiger partial charge is 0.262 e. The largest absolute Gasteiger partial charge is 0.348 e. The van der Waals surface area contributed by atoms with E-state index in [-0.39, 0.29) is 10.8 Å². The first-order valence-corrected chi connectivity index (χ1v) is 12.2. The Morgan fingerprint density at radius 2 is 1.55 bits per heavy atom. The van der Waals surface area contributed by atoms with Crippen LogP contribution in [0.5, 0.6) is 0 Å². The minimum absolute atomic E-state index is 0.0841. The normalized spacial score (nSPS) is 11.4. The van der Waals surface area contributed by atoms with E-state index in [1.807, 2.05) is 68.4 Å². The van der Waals surface area contributed by atoms with E-state index < -0.39 is 10.0 Å². The lowest BCUT2D eigenvalue weighted by Crippen LogP contribution is -2.23. The van der Waals surface area contributed by atoms with E-state index >= 15 is 0 Å². The number of sulfonamides is 1. The Balaban J connectivity index is 1.53. The first-order chi connectivity index (χ1) is 15.7. The Hall–Kier alpha value is -3.64. The van der Waals surface area contributed by atoms with E-state index in [4.69, 9.17) is 0 Å². The third-order valence-electron chi connectivity index (χ3n) is 5.63. The molecule has 6 heteroatoms. The molecule has 0 heterocycles. The van der Waals surface area contributed by atoms with Crippen molar-refractivity contribution in [2.24, 2.45) is 0 Å². The van der Waals surface area contributed by atoms with E-state index in [0.29, 0.717) is 23.4 Å². The molecule has 1 amide bonds. The van der Waals surface area contributed by atoms with Gasteiger partial charge in [-0.15, -0.1) is 0 Å². The third kappa shape index (κ3) is 5.07. The summed E-state index contributed by atoms with van der Waals surface area (Å²) in [6.07, 6.45) is 0. The molecule has 0 saturated carbocycles. The average molecular weight is 459 g/mol. The molecule has 4 rings (SSSR count). The van der Waals surface area contributed by atoms with Gasteiger partial charge in [-0.2, -0.15) is 0 Å². The standard InChI is InChI=1S/C27H26N2O3S/c1-18-8-13-25(20(3)14-18)29-33(31,32)26-16-24(11-9-19(26)2)27(30)28-17-21-10-12-22-6-4-5-7-23(22)15-21/h4-16,29H,17H2,1-3H3,(H,28,30). The summed E-state index contributed by atoms with van der Waals surface area (Å²) in [4.78, 5) is 12.9. The zero-order valence-corrected chi connectivity index (χ0v) is 19.7. The van der Waals surface area contributed by atoms with Crippen molar-refractivity contribution < 1.29 is 13.2 Å². The molecule has 0 saturated heterocycles. The highest BCUT2D eigenvalue weighted by Gasteiger charge is 2.20. The van der Waals surface area contributed by atoms with Gasteiger partial charge >= 0.3 is 0 Å². The second kappa shape index (κ2) is 9.08. The van der Waals surface area contributed by atoms with Crippen LogP contribution in [0.3, 0.4) is 0 Å². The van der Waals surface area contributed by atoms with Crippen LogP contribution in [0, 0.1) is 20.8 Å². The lowest BCUT2D eigenvalue weighted by Gasteiger charge is -2.14. The van der Waals surface area contributed by atoms with Gasteiger partial charge in [0.2, 0.25) is 0 Å². The highest BCUT2D eigenvalue weighted by molar-refractivity contribution is 7.92. The molecule has 0 bridgehead atoms. The number of nitrogens with one attached hydrogen (secondary N) is 2. The predicted molar refractivity (Wildman–Crippen MR) is 133 cm³/mol. The Bertz CT molecular complexity index is 1460. The molecule has 168 valence electrons. The minimum Gasteiger partial charge on any atom is -0.348 e. The first kappa shape index (κ1) is 22.6. The molecular weight excluding hydrogens is 432 g/mol. The summed E-state index contributed by atoms with van der Waals surface area (Å²) in [5, 5.41) is 5.13. The van der Waals surface area contributed by atoms with Crippen molar-refractivity contribution in [1.82, 2.24) is 5.32 Å². The number of hydrogen-bond acceptors (Lipinski definition) is 3. The van der Waals surface area contributed by atoms with Gasteiger partial charge in [0.1, 0.15) is 0 Å². The van der Waals surface area contributed by atoms with Gasteiger partial charge in [0.25, 0.3) is 15.9 Å². The monoisotopic (exact) mass is 458 g/mol. The van der Waals surface area contributed by atoms with Crippen LogP contribution in [-0.2, 0) is 16.6 Å². The molecule has 0 aliphatic rings. The number of hydrogen-bond donors (Lipinski definition) is 2. The quantitative estimate of drug-likeness (QED) is 0.401. The van der Waals surface area contributed by atoms with Crippen LogP contribution in [-0.4, -0.2) is 14.3 Å². The highest BCUT2D eigenvalue weighted by atomic mass is 32.2. The Morgan fingerprint density at radius 3 is 2.30 bits per heavy atom. The first-order valence-electron chi connectivity index (χ1n) is 10.7. The van der Waals surface area contributed by atoms with Crippen molar-refractivity contribution in [3.05, 3.63) is 107 Å². The molecule has 2 N–H and O–H groups in total. The molecule has 4 aromatic carbocycles. The summed E-state index contributed by atoms with van der Waals surface area (Å²) >= 11 is 0. The molecule has 0 spiro atoms. The molecule has 33 heavy (non-hydrogen) atoms. The molecule has 0 aliphatic heterocycles. The summed E-state index contributed by atoms with van der Waals surface area (Å²) in [7, 11) is -3.86. The summed E-state index contributed by atoms with van der Waals surface area (Å²) in [5.74, 6) is -0.328. The van der Waals surface area contributed by atoms with Crippen molar-refractivity contribution in [2.75, 3.05) is 4.72 Å². The van der Waals surface area contributed by atoms with Crippen molar-refractivity contribution in [2.45, 2.75) is 32.2 Å². The van der Waals surface area contributed by atoms with Crippen molar-refractivity contribution >= 4 is 32.4 Å². The third-order valence-corrected chi connectivity index (χ3v) is 7.14. The number of amides is 1. The zero-order chi connectivity index (χ0) is 23.6. The summed E-state index contributed by atoms with van der Waals surface area (Å²) in [5.41, 5.74) is 4.24. The van der Waals surface area contributed by atoms with Crippen LogP contribution in [0.15, 0.2) is 83.8 Å². The molecule has 0 atom stereocenters. The van der Waals surface area contributed by atoms with Crippen molar-refractivity contribution in [3.63, 3.8) is 0 Å². The maximum atomic E-state index is 13.1. The molecular formula is C27H26N2O3S. The molecule has 0 radical (unpaired) electrons. The number of fused-ring (bicyclic) bond motifs is 1. The lowest BCUT2D eigenvalue weighted by molar-refractivity contribution is 0.0950. The minimum atomic E-state index is -3.86. The molecule has 5 nitrogen and oxygen atoms in total. The Kier molecular flexibility index (Phi) is 6.20. The van der Waals surface area contributed by atoms with Crippen LogP contribution in [0.2, 0.25) is 0 Å². The van der Waals surface area contributed by atoms with E-state index in [9.17, 15) is 13.2 Å². The van der Waals surface area contributed by atoms with Gasteiger partial charge in [-0.3, -0.25) is 9.52 Å². The molecule has 0 unspecified atom stereocenters. The van der Waals surface area contributed by atoms with Crippen LogP contribution >= 0.6 is 0 Å². The topological polar surface area (TPSA) is 75.3 Å². The highest BCUT2D eigenvalue weighted by Crippen LogP contribution is 2.24. The van der Waals surface area contributed by atoms with Crippen LogP contribution in [0.25, 0.3) is 10.8 Å². The number of carbonyl (C=O) groups excluding carboxylic acids is 1. The van der Waals surface area contributed by atoms with Crippen molar-refractivity contribution in [1.29, 1.82) is 0 Å². The average Bonchev–Trinajstić information content (AvgIpc) is 2.79. The van der Waals surface area contributed by atoms with Gasteiger partial charge in [0, 0.05) is 12.1 Å². The fourth-order valence-electron chi connectivity index (χ4n) is 3.79. The Labute approximate surface area is 194 Å². The second-order valence-electron chi connectivity index (χ2n) is 8.27. The number of rotatable bonds is 6. The SMILES string of the molecule is Cc1ccc(NS(=O)(=O)c2cc(C(=O)NCc3ccc4ccccc4c3)ccc2C)c(C)c1. The van der Waals surface area contributed by atoms with Gasteiger partial charge in [0.05, 0.1) is 10.6 Å². The number of anilines is 1. The van der Waals surface area contributed by atoms with Crippen LogP contribution in [0.1, 0.15) is 32.6 Å². The maximum Gasteiger partial charge on any atom is 0.262 e. The fourth-order valence-corrected chi connectivity index (χ4v) is 5.19. The van der Waals surface area contributed by atoms with Crippen molar-refractivity contribution in [3.8, 4) is 0 Å². The summed E-state index contributed by atoms with van der Waals surface area (Å²) in [6, 6.07) is 24.3. The molecule has 4 aromatic rings. The Morgan fingerprint density at radius 1 is 0.788 bits per heavy atom. The van der Waals surface area contributed by atoms with Crippen LogP contribution in [0.4, 0.5) is 5.69 Å². The molecule has 0 fully saturated rings. The number of aryl methyl sites for hydroxylation is 3. The van der Waals surface area contributed by atoms with Gasteiger partial charge in [0.15, 0.2) is 0 Å². The second-order valence-corrected chi connectivity index (χ2v) is 9.92. The van der Waals surface area contributed by atoms with Gasteiger partial charge in [-0.25, -0.2) is 8.42 Å². The van der Waals surface area contributed by atoms with E-state index in [1.54, 1.807) is 25.1 Å². The molecule has 0 aromatic heterocycles. The van der Waals surface area contributed by atoms with E-state index in [2.05, 4.69) is 10.0 Å². The number of carbonyl (C=O) groups is 1. The fraction of sp³-hybridized carbons (Fsp3) is 0.148. The van der Waals surface area contributed by atoms with Gasteiger partial charge in [-0.05, 0) is 72.5 Å². The predicted octanol–water partition coefficient (Wildman–Crippen LogP) is 5.50. The van der Waals surface area contributed by atoms with Gasteiger partial charge in [-0.1, -0.05) is 60.2 Å². The lowest BCUT2D eigenvalue weighted by atomic mass is 10.1. The molecule has 0 aliphatic carbocycles. The van der Waals surface area contributed by atoms with E-state index in [0.717, 1.165) is 27.5 Å². The van der Waals surface area contributed by atoms with Crippen LogP contribution < -0.4 is 10.0 Å². The summed E-state index contributed by atoms with van der Waals surface area (Å²) in [6.45, 7) is 5.87. The zero-order valence-electron chi connectivity index (χ0n) is 18.8.